The van der Waals surface area contributed by atoms with E-state index in [2.05, 4.69) is 98.9 Å². The molecule has 0 aliphatic rings. The quantitative estimate of drug-likeness (QED) is 0.0281. The summed E-state index contributed by atoms with van der Waals surface area (Å²) in [5, 5.41) is 9.66. The number of carbonyl (C=O) groups excluding carboxylic acids is 2. The highest BCUT2D eigenvalue weighted by Gasteiger charge is 2.31. The van der Waals surface area contributed by atoms with E-state index in [1.54, 1.807) is 0 Å². The summed E-state index contributed by atoms with van der Waals surface area (Å²) in [5.41, 5.74) is 0. The standard InChI is InChI=1S/C56H95NO7/c1-6-8-10-12-14-16-18-20-22-24-26-27-29-30-32-34-36-38-40-42-44-46-54(58)63-51-52(50-62-49-48-53(56(60)61)57(3,4)5)64-55(59)47-45-43-41-39-37-35-33-31-28-25-23-21-19-17-15-13-11-9-7-2/h9,11,14-17,20-23,26-27,30,32,52-53H,6-8,10,12-13,18-19,24-25,28-29,31,33-51H2,1-5H3/p+1/b11-9+,16-14+,17-15+,22-20+,23-21+,27-26+,32-30+. The van der Waals surface area contributed by atoms with Crippen LogP contribution in [-0.4, -0.2) is 80.6 Å². The minimum Gasteiger partial charge on any atom is -0.477 e. The Morgan fingerprint density at radius 2 is 0.875 bits per heavy atom. The monoisotopic (exact) mass is 895 g/mol. The molecule has 8 nitrogen and oxygen atoms in total. The summed E-state index contributed by atoms with van der Waals surface area (Å²) in [6.45, 7) is 4.58. The van der Waals surface area contributed by atoms with E-state index in [-0.39, 0.29) is 36.2 Å². The van der Waals surface area contributed by atoms with Gasteiger partial charge < -0.3 is 23.8 Å². The Morgan fingerprint density at radius 1 is 0.484 bits per heavy atom. The normalized spacial score (nSPS) is 13.6. The van der Waals surface area contributed by atoms with Crippen molar-refractivity contribution >= 4 is 17.9 Å². The minimum atomic E-state index is -0.881. The van der Waals surface area contributed by atoms with Crippen LogP contribution in [0.3, 0.4) is 0 Å². The summed E-state index contributed by atoms with van der Waals surface area (Å²) in [6, 6.07) is -0.624. The van der Waals surface area contributed by atoms with Crippen LogP contribution in [0.5, 0.6) is 0 Å². The molecule has 0 rings (SSSR count). The number of hydrogen-bond acceptors (Lipinski definition) is 6. The topological polar surface area (TPSA) is 99.1 Å². The molecule has 1 N–H and O–H groups in total. The van der Waals surface area contributed by atoms with Gasteiger partial charge in [0.25, 0.3) is 0 Å². The molecule has 0 radical (unpaired) electrons. The molecule has 0 aliphatic carbocycles. The fraction of sp³-hybridized carbons (Fsp3) is 0.696. The van der Waals surface area contributed by atoms with E-state index in [0.29, 0.717) is 19.3 Å². The number of carboxylic acid groups (broad SMARTS) is 1. The summed E-state index contributed by atoms with van der Waals surface area (Å²) >= 11 is 0. The smallest absolute Gasteiger partial charge is 0.362 e. The van der Waals surface area contributed by atoms with Gasteiger partial charge in [0, 0.05) is 19.3 Å². The molecule has 0 aromatic rings. The second-order valence-electron chi connectivity index (χ2n) is 18.0. The van der Waals surface area contributed by atoms with Crippen molar-refractivity contribution < 1.29 is 38.2 Å². The van der Waals surface area contributed by atoms with E-state index >= 15 is 0 Å². The van der Waals surface area contributed by atoms with Crippen molar-refractivity contribution in [2.45, 2.75) is 212 Å². The Balaban J connectivity index is 4.31. The first-order chi connectivity index (χ1) is 31.1. The van der Waals surface area contributed by atoms with Crippen LogP contribution in [0.15, 0.2) is 85.1 Å². The largest absolute Gasteiger partial charge is 0.477 e. The van der Waals surface area contributed by atoms with Gasteiger partial charge in [-0.2, -0.15) is 0 Å². The molecule has 0 saturated carbocycles. The van der Waals surface area contributed by atoms with Gasteiger partial charge in [-0.1, -0.05) is 176 Å². The molecule has 2 atom stereocenters. The number of aliphatic carboxylic acids is 1. The third-order valence-corrected chi connectivity index (χ3v) is 11.0. The molecule has 366 valence electrons. The minimum absolute atomic E-state index is 0.0484. The number of allylic oxidation sites excluding steroid dienone is 14. The number of nitrogens with zero attached hydrogens (tertiary/aromatic N) is 1. The lowest BCUT2D eigenvalue weighted by Crippen LogP contribution is -2.50. The van der Waals surface area contributed by atoms with Crippen LogP contribution in [0.2, 0.25) is 0 Å². The van der Waals surface area contributed by atoms with Crippen molar-refractivity contribution in [3.63, 3.8) is 0 Å². The number of hydrogen-bond donors (Lipinski definition) is 1. The molecule has 2 unspecified atom stereocenters. The van der Waals surface area contributed by atoms with E-state index in [0.717, 1.165) is 103 Å². The first-order valence-electron chi connectivity index (χ1n) is 25.6. The second kappa shape index (κ2) is 46.1. The van der Waals surface area contributed by atoms with Gasteiger partial charge in [-0.3, -0.25) is 9.59 Å². The molecule has 0 amide bonds. The average molecular weight is 895 g/mol. The molecule has 0 bridgehead atoms. The van der Waals surface area contributed by atoms with Gasteiger partial charge in [-0.05, 0) is 89.9 Å². The summed E-state index contributed by atoms with van der Waals surface area (Å²) in [5.74, 6) is -1.50. The Labute approximate surface area is 393 Å². The van der Waals surface area contributed by atoms with Crippen LogP contribution in [-0.2, 0) is 28.6 Å². The van der Waals surface area contributed by atoms with Crippen molar-refractivity contribution in [3.05, 3.63) is 85.1 Å². The van der Waals surface area contributed by atoms with Gasteiger partial charge in [0.15, 0.2) is 12.1 Å². The molecule has 0 aromatic heterocycles. The number of quaternary nitrogens is 1. The van der Waals surface area contributed by atoms with Crippen LogP contribution in [0, 0.1) is 0 Å². The van der Waals surface area contributed by atoms with Crippen molar-refractivity contribution in [2.24, 2.45) is 0 Å². The molecule has 0 heterocycles. The van der Waals surface area contributed by atoms with Gasteiger partial charge in [0.1, 0.15) is 6.61 Å². The lowest BCUT2D eigenvalue weighted by molar-refractivity contribution is -0.887. The molecule has 0 aliphatic heterocycles. The van der Waals surface area contributed by atoms with Gasteiger partial charge in [-0.15, -0.1) is 0 Å². The number of carbonyl (C=O) groups is 3. The molecule has 0 fully saturated rings. The van der Waals surface area contributed by atoms with Gasteiger partial charge in [-0.25, -0.2) is 4.79 Å². The Morgan fingerprint density at radius 3 is 1.30 bits per heavy atom. The Hall–Kier alpha value is -3.49. The molecule has 0 saturated heterocycles. The summed E-state index contributed by atoms with van der Waals surface area (Å²) in [7, 11) is 5.52. The summed E-state index contributed by atoms with van der Waals surface area (Å²) in [6.07, 6.45) is 60.5. The number of rotatable bonds is 45. The fourth-order valence-corrected chi connectivity index (χ4v) is 7.09. The Bertz CT molecular complexity index is 1320. The lowest BCUT2D eigenvalue weighted by Gasteiger charge is -2.31. The predicted molar refractivity (Wildman–Crippen MR) is 270 cm³/mol. The van der Waals surface area contributed by atoms with E-state index in [4.69, 9.17) is 14.2 Å². The van der Waals surface area contributed by atoms with Crippen LogP contribution >= 0.6 is 0 Å². The van der Waals surface area contributed by atoms with Crippen LogP contribution in [0.1, 0.15) is 200 Å². The van der Waals surface area contributed by atoms with Gasteiger partial charge >= 0.3 is 17.9 Å². The first kappa shape index (κ1) is 60.5. The second-order valence-corrected chi connectivity index (χ2v) is 18.0. The number of carboxylic acids is 1. The van der Waals surface area contributed by atoms with Crippen molar-refractivity contribution in [2.75, 3.05) is 41.0 Å². The zero-order valence-electron chi connectivity index (χ0n) is 41.7. The van der Waals surface area contributed by atoms with Crippen LogP contribution in [0.25, 0.3) is 0 Å². The maximum Gasteiger partial charge on any atom is 0.362 e. The van der Waals surface area contributed by atoms with E-state index in [1.165, 1.54) is 64.2 Å². The lowest BCUT2D eigenvalue weighted by atomic mass is 10.1. The number of ether oxygens (including phenoxy) is 3. The molecular formula is C56H96NO7+. The molecule has 8 heteroatoms. The van der Waals surface area contributed by atoms with E-state index < -0.39 is 18.1 Å². The highest BCUT2D eigenvalue weighted by molar-refractivity contribution is 5.72. The summed E-state index contributed by atoms with van der Waals surface area (Å²) < 4.78 is 17.3. The zero-order valence-corrected chi connectivity index (χ0v) is 41.7. The maximum absolute atomic E-state index is 12.8. The SMILES string of the molecule is CC/C=C/C/C=C/C/C=C/CCCCCCCCCCCC(=O)OC(COCCC(C(=O)O)[N+](C)(C)C)COC(=O)CCCCCCC/C=C/C/C=C/C/C=C/C/C=C/CCCCC. The average Bonchev–Trinajstić information content (AvgIpc) is 3.26. The number of esters is 2. The maximum atomic E-state index is 12.8. The van der Waals surface area contributed by atoms with E-state index in [9.17, 15) is 19.5 Å². The predicted octanol–water partition coefficient (Wildman–Crippen LogP) is 14.9. The Kier molecular flexibility index (Phi) is 43.5. The van der Waals surface area contributed by atoms with Crippen LogP contribution in [0.4, 0.5) is 0 Å². The highest BCUT2D eigenvalue weighted by atomic mass is 16.6. The molecule has 0 spiro atoms. The zero-order chi connectivity index (χ0) is 47.0. The number of likely N-dealkylation sites (N-methyl/N-ethyl adjacent to an activating group) is 1. The van der Waals surface area contributed by atoms with Crippen molar-refractivity contribution in [1.29, 1.82) is 0 Å². The first-order valence-corrected chi connectivity index (χ1v) is 25.6. The molecular weight excluding hydrogens is 799 g/mol. The molecule has 64 heavy (non-hydrogen) atoms. The summed E-state index contributed by atoms with van der Waals surface area (Å²) in [4.78, 5) is 37.2. The van der Waals surface area contributed by atoms with Gasteiger partial charge in [0.05, 0.1) is 34.4 Å². The third-order valence-electron chi connectivity index (χ3n) is 11.0. The molecule has 0 aromatic carbocycles. The van der Waals surface area contributed by atoms with E-state index in [1.807, 2.05) is 21.1 Å². The number of unbranched alkanes of at least 4 members (excludes halogenated alkanes) is 17. The van der Waals surface area contributed by atoms with Crippen molar-refractivity contribution in [1.82, 2.24) is 0 Å². The third kappa shape index (κ3) is 43.7. The highest BCUT2D eigenvalue weighted by Crippen LogP contribution is 2.14. The van der Waals surface area contributed by atoms with Crippen LogP contribution < -0.4 is 0 Å². The van der Waals surface area contributed by atoms with Crippen molar-refractivity contribution in [3.8, 4) is 0 Å². The fourth-order valence-electron chi connectivity index (χ4n) is 7.09. The van der Waals surface area contributed by atoms with Gasteiger partial charge in [0.2, 0.25) is 0 Å².